The van der Waals surface area contributed by atoms with Gasteiger partial charge in [0.1, 0.15) is 4.90 Å². The van der Waals surface area contributed by atoms with Gasteiger partial charge >= 0.3 is 0 Å². The Morgan fingerprint density at radius 2 is 2.14 bits per heavy atom. The van der Waals surface area contributed by atoms with Crippen LogP contribution in [-0.4, -0.2) is 46.6 Å². The first kappa shape index (κ1) is 18.0. The molecule has 0 aliphatic rings. The van der Waals surface area contributed by atoms with Crippen LogP contribution in [0, 0.1) is 11.8 Å². The van der Waals surface area contributed by atoms with Crippen LogP contribution >= 0.6 is 11.6 Å². The monoisotopic (exact) mass is 330 g/mol. The highest BCUT2D eigenvalue weighted by Crippen LogP contribution is 2.25. The van der Waals surface area contributed by atoms with Crippen molar-refractivity contribution in [3.63, 3.8) is 0 Å². The van der Waals surface area contributed by atoms with E-state index in [9.17, 15) is 8.42 Å². The summed E-state index contributed by atoms with van der Waals surface area (Å²) in [6, 6.07) is 4.61. The summed E-state index contributed by atoms with van der Waals surface area (Å²) in [5.74, 6) is 5.50. The molecule has 0 fully saturated rings. The van der Waals surface area contributed by atoms with Gasteiger partial charge in [-0.15, -0.1) is 0 Å². The number of rotatable bonds is 6. The van der Waals surface area contributed by atoms with Crippen LogP contribution in [0.15, 0.2) is 23.1 Å². The van der Waals surface area contributed by atoms with Crippen LogP contribution in [0.3, 0.4) is 0 Å². The third-order valence-corrected chi connectivity index (χ3v) is 5.12. The number of nitrogens with two attached hydrogens (primary N) is 1. The van der Waals surface area contributed by atoms with E-state index in [1.807, 2.05) is 0 Å². The maximum Gasteiger partial charge on any atom is 0.244 e. The average molecular weight is 331 g/mol. The van der Waals surface area contributed by atoms with Crippen LogP contribution < -0.4 is 5.73 Å². The van der Waals surface area contributed by atoms with Crippen LogP contribution in [-0.2, 0) is 14.8 Å². The first-order chi connectivity index (χ1) is 9.93. The fourth-order valence-electron chi connectivity index (χ4n) is 1.66. The Morgan fingerprint density at radius 1 is 1.43 bits per heavy atom. The number of methoxy groups -OCH3 is 1. The fraction of sp³-hybridized carbons (Fsp3) is 0.429. The molecule has 0 amide bonds. The van der Waals surface area contributed by atoms with Gasteiger partial charge in [-0.1, -0.05) is 23.4 Å². The Morgan fingerprint density at radius 3 is 2.71 bits per heavy atom. The molecule has 0 aromatic heterocycles. The molecule has 116 valence electrons. The zero-order chi connectivity index (χ0) is 15.9. The molecule has 1 rings (SSSR count). The van der Waals surface area contributed by atoms with Crippen molar-refractivity contribution < 1.29 is 13.2 Å². The molecule has 0 unspecified atom stereocenters. The number of ether oxygens (including phenoxy) is 1. The van der Waals surface area contributed by atoms with Crippen molar-refractivity contribution in [2.75, 3.05) is 33.9 Å². The van der Waals surface area contributed by atoms with E-state index in [2.05, 4.69) is 11.8 Å². The number of sulfonamides is 1. The summed E-state index contributed by atoms with van der Waals surface area (Å²) in [6.07, 6.45) is 0.615. The van der Waals surface area contributed by atoms with Gasteiger partial charge in [0.2, 0.25) is 10.0 Å². The van der Waals surface area contributed by atoms with Gasteiger partial charge in [-0.25, -0.2) is 12.7 Å². The second-order valence-electron chi connectivity index (χ2n) is 4.32. The molecule has 5 nitrogen and oxygen atoms in total. The molecule has 2 N–H and O–H groups in total. The Kier molecular flexibility index (Phi) is 7.15. The number of hydrogen-bond acceptors (Lipinski definition) is 4. The average Bonchev–Trinajstić information content (AvgIpc) is 2.45. The standard InChI is InChI=1S/C14H19ClN2O3S/c1-17(9-4-10-20-2)21(18,19)14-7-6-12(5-3-8-16)11-13(14)15/h6-7,11H,4,8-10,16H2,1-2H3. The summed E-state index contributed by atoms with van der Waals surface area (Å²) in [7, 11) is -0.521. The zero-order valence-corrected chi connectivity index (χ0v) is 13.7. The lowest BCUT2D eigenvalue weighted by atomic mass is 10.2. The van der Waals surface area contributed by atoms with Gasteiger partial charge < -0.3 is 10.5 Å². The van der Waals surface area contributed by atoms with Crippen molar-refractivity contribution in [1.82, 2.24) is 4.31 Å². The molecule has 0 aliphatic carbocycles. The Hall–Kier alpha value is -1.10. The fourth-order valence-corrected chi connectivity index (χ4v) is 3.38. The van der Waals surface area contributed by atoms with Crippen molar-refractivity contribution >= 4 is 21.6 Å². The third-order valence-electron chi connectivity index (χ3n) is 2.78. The maximum absolute atomic E-state index is 12.4. The molecule has 0 aliphatic heterocycles. The smallest absolute Gasteiger partial charge is 0.244 e. The van der Waals surface area contributed by atoms with Crippen LogP contribution in [0.2, 0.25) is 5.02 Å². The molecule has 0 saturated carbocycles. The summed E-state index contributed by atoms with van der Waals surface area (Å²) in [4.78, 5) is 0.0716. The summed E-state index contributed by atoms with van der Waals surface area (Å²) in [5, 5.41) is 0.150. The zero-order valence-electron chi connectivity index (χ0n) is 12.1. The lowest BCUT2D eigenvalue weighted by Gasteiger charge is -2.17. The van der Waals surface area contributed by atoms with E-state index in [0.29, 0.717) is 25.1 Å². The Balaban J connectivity index is 2.98. The van der Waals surface area contributed by atoms with Crippen molar-refractivity contribution in [3.8, 4) is 11.8 Å². The predicted molar refractivity (Wildman–Crippen MR) is 83.7 cm³/mol. The van der Waals surface area contributed by atoms with Gasteiger partial charge in [0, 0.05) is 32.9 Å². The van der Waals surface area contributed by atoms with E-state index >= 15 is 0 Å². The summed E-state index contributed by atoms with van der Waals surface area (Å²) >= 11 is 6.07. The SMILES string of the molecule is COCCCN(C)S(=O)(=O)c1ccc(C#CCN)cc1Cl. The molecule has 0 heterocycles. The molecule has 7 heteroatoms. The van der Waals surface area contributed by atoms with Gasteiger partial charge in [-0.05, 0) is 24.6 Å². The highest BCUT2D eigenvalue weighted by Gasteiger charge is 2.23. The molecular formula is C14H19ClN2O3S. The minimum absolute atomic E-state index is 0.0716. The minimum Gasteiger partial charge on any atom is -0.385 e. The van der Waals surface area contributed by atoms with Gasteiger partial charge in [0.25, 0.3) is 0 Å². The topological polar surface area (TPSA) is 72.6 Å². The summed E-state index contributed by atoms with van der Waals surface area (Å²) in [6.45, 7) is 1.10. The second kappa shape index (κ2) is 8.37. The normalized spacial score (nSPS) is 11.3. The quantitative estimate of drug-likeness (QED) is 0.630. The predicted octanol–water partition coefficient (Wildman–Crippen LogP) is 1.31. The van der Waals surface area contributed by atoms with E-state index in [1.165, 1.54) is 23.5 Å². The lowest BCUT2D eigenvalue weighted by molar-refractivity contribution is 0.189. The van der Waals surface area contributed by atoms with Crippen molar-refractivity contribution in [2.24, 2.45) is 5.73 Å². The van der Waals surface area contributed by atoms with Crippen molar-refractivity contribution in [1.29, 1.82) is 0 Å². The number of benzene rings is 1. The minimum atomic E-state index is -3.61. The largest absolute Gasteiger partial charge is 0.385 e. The molecule has 1 aromatic carbocycles. The highest BCUT2D eigenvalue weighted by molar-refractivity contribution is 7.89. The Labute approximate surface area is 131 Å². The van der Waals surface area contributed by atoms with Crippen LogP contribution in [0.5, 0.6) is 0 Å². The first-order valence-electron chi connectivity index (χ1n) is 6.37. The summed E-state index contributed by atoms with van der Waals surface area (Å²) < 4.78 is 31.0. The van der Waals surface area contributed by atoms with E-state index < -0.39 is 10.0 Å². The molecular weight excluding hydrogens is 312 g/mol. The van der Waals surface area contributed by atoms with Gasteiger partial charge in [-0.2, -0.15) is 0 Å². The molecule has 0 saturated heterocycles. The van der Waals surface area contributed by atoms with Crippen LogP contribution in [0.4, 0.5) is 0 Å². The number of hydrogen-bond donors (Lipinski definition) is 1. The molecule has 21 heavy (non-hydrogen) atoms. The number of halogens is 1. The summed E-state index contributed by atoms with van der Waals surface area (Å²) in [5.41, 5.74) is 5.92. The molecule has 0 spiro atoms. The van der Waals surface area contributed by atoms with Crippen LogP contribution in [0.1, 0.15) is 12.0 Å². The van der Waals surface area contributed by atoms with Gasteiger partial charge in [-0.3, -0.25) is 0 Å². The van der Waals surface area contributed by atoms with E-state index in [4.69, 9.17) is 22.1 Å². The Bertz CT molecular complexity index is 635. The lowest BCUT2D eigenvalue weighted by Crippen LogP contribution is -2.28. The molecule has 0 radical (unpaired) electrons. The van der Waals surface area contributed by atoms with Gasteiger partial charge in [0.15, 0.2) is 0 Å². The number of nitrogens with zero attached hydrogens (tertiary/aromatic N) is 1. The second-order valence-corrected chi connectivity index (χ2v) is 6.74. The van der Waals surface area contributed by atoms with Crippen molar-refractivity contribution in [3.05, 3.63) is 28.8 Å². The molecule has 0 bridgehead atoms. The first-order valence-corrected chi connectivity index (χ1v) is 8.19. The molecule has 1 aromatic rings. The highest BCUT2D eigenvalue weighted by atomic mass is 35.5. The van der Waals surface area contributed by atoms with Crippen LogP contribution in [0.25, 0.3) is 0 Å². The van der Waals surface area contributed by atoms with E-state index in [-0.39, 0.29) is 16.5 Å². The van der Waals surface area contributed by atoms with Crippen molar-refractivity contribution in [2.45, 2.75) is 11.3 Å². The van der Waals surface area contributed by atoms with Gasteiger partial charge in [0.05, 0.1) is 11.6 Å². The van der Waals surface area contributed by atoms with E-state index in [1.54, 1.807) is 13.2 Å². The molecule has 0 atom stereocenters. The third kappa shape index (κ3) is 4.99. The maximum atomic E-state index is 12.4. The van der Waals surface area contributed by atoms with E-state index in [0.717, 1.165) is 0 Å².